The van der Waals surface area contributed by atoms with Gasteiger partial charge in [-0.3, -0.25) is 0 Å². The van der Waals surface area contributed by atoms with Crippen LogP contribution in [0.25, 0.3) is 0 Å². The van der Waals surface area contributed by atoms with Crippen molar-refractivity contribution >= 4 is 5.69 Å². The van der Waals surface area contributed by atoms with E-state index in [2.05, 4.69) is 0 Å². The molecule has 0 radical (unpaired) electrons. The highest BCUT2D eigenvalue weighted by Gasteiger charge is 2.38. The zero-order valence-corrected chi connectivity index (χ0v) is 10.5. The predicted octanol–water partition coefficient (Wildman–Crippen LogP) is 1.70. The summed E-state index contributed by atoms with van der Waals surface area (Å²) in [7, 11) is 0. The Morgan fingerprint density at radius 1 is 1.28 bits per heavy atom. The highest BCUT2D eigenvalue weighted by atomic mass is 19.1. The minimum atomic E-state index is -0.140. The van der Waals surface area contributed by atoms with Gasteiger partial charge in [0.05, 0.1) is 18.9 Å². The fourth-order valence-electron chi connectivity index (χ4n) is 2.46. The van der Waals surface area contributed by atoms with Gasteiger partial charge in [-0.05, 0) is 37.0 Å². The van der Waals surface area contributed by atoms with Crippen molar-refractivity contribution in [2.45, 2.75) is 24.8 Å². The molecule has 1 aromatic carbocycles. The molecular weight excluding hydrogens is 231 g/mol. The Morgan fingerprint density at radius 3 is 2.61 bits per heavy atom. The molecule has 0 amide bonds. The van der Waals surface area contributed by atoms with Crippen LogP contribution in [-0.2, 0) is 11.2 Å². The van der Waals surface area contributed by atoms with Crippen molar-refractivity contribution < 1.29 is 9.13 Å². The number of hydrogen-bond acceptors (Lipinski definition) is 3. The molecule has 0 aromatic heterocycles. The molecule has 2 fully saturated rings. The quantitative estimate of drug-likeness (QED) is 0.887. The van der Waals surface area contributed by atoms with Gasteiger partial charge in [0.15, 0.2) is 0 Å². The SMILES string of the molecule is NC1(Cc2ccc(N3CCOCC3)c(F)c2)CC1. The van der Waals surface area contributed by atoms with E-state index in [-0.39, 0.29) is 11.4 Å². The molecule has 4 heteroatoms. The highest BCUT2D eigenvalue weighted by molar-refractivity contribution is 5.49. The van der Waals surface area contributed by atoms with Crippen molar-refractivity contribution in [2.75, 3.05) is 31.2 Å². The Morgan fingerprint density at radius 2 is 2.00 bits per heavy atom. The molecular formula is C14H19FN2O. The molecule has 1 aliphatic heterocycles. The van der Waals surface area contributed by atoms with Gasteiger partial charge in [0.1, 0.15) is 5.82 Å². The van der Waals surface area contributed by atoms with Crippen molar-refractivity contribution in [2.24, 2.45) is 5.73 Å². The lowest BCUT2D eigenvalue weighted by atomic mass is 10.0. The number of halogens is 1. The van der Waals surface area contributed by atoms with E-state index < -0.39 is 0 Å². The Kier molecular flexibility index (Phi) is 2.99. The first kappa shape index (κ1) is 11.9. The Labute approximate surface area is 107 Å². The number of nitrogens with zero attached hydrogens (tertiary/aromatic N) is 1. The van der Waals surface area contributed by atoms with Crippen molar-refractivity contribution in [3.05, 3.63) is 29.6 Å². The van der Waals surface area contributed by atoms with Crippen molar-refractivity contribution in [1.29, 1.82) is 0 Å². The maximum Gasteiger partial charge on any atom is 0.146 e. The third kappa shape index (κ3) is 2.49. The number of anilines is 1. The fraction of sp³-hybridized carbons (Fsp3) is 0.571. The van der Waals surface area contributed by atoms with Gasteiger partial charge in [-0.2, -0.15) is 0 Å². The summed E-state index contributed by atoms with van der Waals surface area (Å²) in [6, 6.07) is 5.51. The smallest absolute Gasteiger partial charge is 0.146 e. The molecule has 0 bridgehead atoms. The molecule has 3 nitrogen and oxygen atoms in total. The molecule has 1 aliphatic carbocycles. The van der Waals surface area contributed by atoms with Gasteiger partial charge in [-0.25, -0.2) is 4.39 Å². The van der Waals surface area contributed by atoms with E-state index in [1.165, 1.54) is 0 Å². The number of rotatable bonds is 3. The van der Waals surface area contributed by atoms with Gasteiger partial charge >= 0.3 is 0 Å². The molecule has 0 spiro atoms. The average molecular weight is 250 g/mol. The standard InChI is InChI=1S/C14H19FN2O/c15-12-9-11(10-14(16)3-4-14)1-2-13(12)17-5-7-18-8-6-17/h1-2,9H,3-8,10,16H2. The van der Waals surface area contributed by atoms with Crippen LogP contribution in [0.5, 0.6) is 0 Å². The van der Waals surface area contributed by atoms with Crippen LogP contribution in [0.2, 0.25) is 0 Å². The number of benzene rings is 1. The Bertz CT molecular complexity index is 439. The largest absolute Gasteiger partial charge is 0.378 e. The van der Waals surface area contributed by atoms with E-state index in [9.17, 15) is 4.39 Å². The molecule has 98 valence electrons. The van der Waals surface area contributed by atoms with Crippen molar-refractivity contribution in [3.8, 4) is 0 Å². The average Bonchev–Trinajstić information content (AvgIpc) is 3.08. The number of morpholine rings is 1. The maximum absolute atomic E-state index is 14.1. The summed E-state index contributed by atoms with van der Waals surface area (Å²) in [6.45, 7) is 2.87. The summed E-state index contributed by atoms with van der Waals surface area (Å²) >= 11 is 0. The summed E-state index contributed by atoms with van der Waals surface area (Å²) in [4.78, 5) is 2.04. The summed E-state index contributed by atoms with van der Waals surface area (Å²) in [5.41, 5.74) is 7.69. The zero-order valence-electron chi connectivity index (χ0n) is 10.5. The first-order valence-corrected chi connectivity index (χ1v) is 6.56. The first-order chi connectivity index (χ1) is 8.66. The van der Waals surface area contributed by atoms with Crippen LogP contribution in [0.3, 0.4) is 0 Å². The van der Waals surface area contributed by atoms with Gasteiger partial charge in [0, 0.05) is 18.6 Å². The lowest BCUT2D eigenvalue weighted by Crippen LogP contribution is -2.36. The molecule has 18 heavy (non-hydrogen) atoms. The van der Waals surface area contributed by atoms with Crippen molar-refractivity contribution in [3.63, 3.8) is 0 Å². The molecule has 2 N–H and O–H groups in total. The Hall–Kier alpha value is -1.13. The van der Waals surface area contributed by atoms with E-state index in [4.69, 9.17) is 10.5 Å². The van der Waals surface area contributed by atoms with Gasteiger partial charge in [0.25, 0.3) is 0 Å². The molecule has 0 unspecified atom stereocenters. The maximum atomic E-state index is 14.1. The van der Waals surface area contributed by atoms with Gasteiger partial charge in [0.2, 0.25) is 0 Å². The van der Waals surface area contributed by atoms with E-state index in [1.54, 1.807) is 6.07 Å². The van der Waals surface area contributed by atoms with Crippen LogP contribution in [0, 0.1) is 5.82 Å². The monoisotopic (exact) mass is 250 g/mol. The predicted molar refractivity (Wildman–Crippen MR) is 69.3 cm³/mol. The normalized spacial score (nSPS) is 22.0. The van der Waals surface area contributed by atoms with Crippen LogP contribution >= 0.6 is 0 Å². The van der Waals surface area contributed by atoms with Crippen LogP contribution in [0.1, 0.15) is 18.4 Å². The van der Waals surface area contributed by atoms with E-state index in [1.807, 2.05) is 17.0 Å². The molecule has 1 saturated carbocycles. The minimum Gasteiger partial charge on any atom is -0.378 e. The van der Waals surface area contributed by atoms with Crippen LogP contribution < -0.4 is 10.6 Å². The van der Waals surface area contributed by atoms with Crippen LogP contribution in [-0.4, -0.2) is 31.8 Å². The third-order valence-corrected chi connectivity index (χ3v) is 3.81. The van der Waals surface area contributed by atoms with Crippen LogP contribution in [0.15, 0.2) is 18.2 Å². The van der Waals surface area contributed by atoms with E-state index in [0.29, 0.717) is 18.9 Å². The minimum absolute atomic E-state index is 0.0626. The Balaban J connectivity index is 1.75. The third-order valence-electron chi connectivity index (χ3n) is 3.81. The van der Waals surface area contributed by atoms with Gasteiger partial charge in [-0.15, -0.1) is 0 Å². The molecule has 1 aromatic rings. The lowest BCUT2D eigenvalue weighted by Gasteiger charge is -2.29. The summed E-state index contributed by atoms with van der Waals surface area (Å²) < 4.78 is 19.4. The van der Waals surface area contributed by atoms with E-state index >= 15 is 0 Å². The fourth-order valence-corrected chi connectivity index (χ4v) is 2.46. The molecule has 2 aliphatic rings. The topological polar surface area (TPSA) is 38.5 Å². The molecule has 0 atom stereocenters. The van der Waals surface area contributed by atoms with Gasteiger partial charge in [-0.1, -0.05) is 6.07 Å². The lowest BCUT2D eigenvalue weighted by molar-refractivity contribution is 0.122. The number of ether oxygens (including phenoxy) is 1. The highest BCUT2D eigenvalue weighted by Crippen LogP contribution is 2.36. The second-order valence-corrected chi connectivity index (χ2v) is 5.42. The molecule has 3 rings (SSSR count). The zero-order chi connectivity index (χ0) is 12.6. The summed E-state index contributed by atoms with van der Waals surface area (Å²) in [5, 5.41) is 0. The van der Waals surface area contributed by atoms with Crippen molar-refractivity contribution in [1.82, 2.24) is 0 Å². The molecule has 1 saturated heterocycles. The number of nitrogens with two attached hydrogens (primary N) is 1. The van der Waals surface area contributed by atoms with Gasteiger partial charge < -0.3 is 15.4 Å². The first-order valence-electron chi connectivity index (χ1n) is 6.56. The second-order valence-electron chi connectivity index (χ2n) is 5.42. The van der Waals surface area contributed by atoms with E-state index in [0.717, 1.165) is 37.9 Å². The second kappa shape index (κ2) is 4.52. The summed E-state index contributed by atoms with van der Waals surface area (Å²) in [5.74, 6) is -0.140. The summed E-state index contributed by atoms with van der Waals surface area (Å²) in [6.07, 6.45) is 2.90. The van der Waals surface area contributed by atoms with Crippen LogP contribution in [0.4, 0.5) is 10.1 Å². The molecule has 1 heterocycles. The number of hydrogen-bond donors (Lipinski definition) is 1.